The number of hydrogen-bond donors (Lipinski definition) is 10. The second-order valence-electron chi connectivity index (χ2n) is 15.1. The van der Waals surface area contributed by atoms with Gasteiger partial charge in [0.1, 0.15) is 0 Å². The Morgan fingerprint density at radius 2 is 0.923 bits per heavy atom. The summed E-state index contributed by atoms with van der Waals surface area (Å²) in [6.45, 7) is 0. The zero-order valence-electron chi connectivity index (χ0n) is 33.9. The van der Waals surface area contributed by atoms with Crippen LogP contribution in [0.15, 0.2) is 169 Å². The van der Waals surface area contributed by atoms with Gasteiger partial charge in [0.15, 0.2) is 0 Å². The number of hydrogen-bond acceptors (Lipinski definition) is 15. The third-order valence-electron chi connectivity index (χ3n) is 11.3. The summed E-state index contributed by atoms with van der Waals surface area (Å²) >= 11 is 42.0. The highest BCUT2D eigenvalue weighted by molar-refractivity contribution is 7.83. The van der Waals surface area contributed by atoms with Gasteiger partial charge in [-0.15, -0.1) is 75.8 Å². The number of carbonyl (C=O) groups is 2. The van der Waals surface area contributed by atoms with E-state index in [9.17, 15) is 9.59 Å². The van der Waals surface area contributed by atoms with Crippen molar-refractivity contribution in [2.24, 2.45) is 5.73 Å². The normalized spacial score (nSPS) is 15.0. The number of thiocarbonyl (C=S) groups is 2. The van der Waals surface area contributed by atoms with Gasteiger partial charge in [-0.2, -0.15) is 0 Å². The quantitative estimate of drug-likeness (QED) is 0.0236. The zero-order valence-corrected chi connectivity index (χ0v) is 40.9. The molecule has 7 aromatic carbocycles. The summed E-state index contributed by atoms with van der Waals surface area (Å²) in [6, 6.07) is 41.1. The second kappa shape index (κ2) is 19.0. The number of rotatable bonds is 8. The lowest BCUT2D eigenvalue weighted by molar-refractivity contribution is 0.0394. The number of nitrogen functional groups attached to an aromatic ring is 3. The molecule has 7 nitrogen and oxygen atoms in total. The van der Waals surface area contributed by atoms with Crippen molar-refractivity contribution in [3.8, 4) is 33.4 Å². The molecule has 0 heterocycles. The molecule has 324 valence electrons. The van der Waals surface area contributed by atoms with E-state index in [2.05, 4.69) is 0 Å². The summed E-state index contributed by atoms with van der Waals surface area (Å²) in [5.41, 5.74) is 33.7. The molecule has 2 unspecified atom stereocenters. The molecule has 0 radical (unpaired) electrons. The van der Waals surface area contributed by atoms with E-state index < -0.39 is 23.8 Å². The Bertz CT molecular complexity index is 3080. The summed E-state index contributed by atoms with van der Waals surface area (Å²) in [6.07, 6.45) is 0. The molecule has 15 heteroatoms. The lowest BCUT2D eigenvalue weighted by Gasteiger charge is -2.36. The minimum Gasteiger partial charge on any atom is -0.401 e. The Balaban J connectivity index is 1.23. The van der Waals surface area contributed by atoms with Gasteiger partial charge in [-0.25, -0.2) is 9.59 Å². The Morgan fingerprint density at radius 1 is 0.492 bits per heavy atom. The van der Waals surface area contributed by atoms with Crippen LogP contribution in [0.2, 0.25) is 0 Å². The molecule has 0 spiro atoms. The number of allylic oxidation sites excluding steroid dienone is 2. The summed E-state index contributed by atoms with van der Waals surface area (Å²) in [4.78, 5) is 31.3. The lowest BCUT2D eigenvalue weighted by Crippen LogP contribution is -2.36. The van der Waals surface area contributed by atoms with Crippen molar-refractivity contribution in [2.45, 2.75) is 41.2 Å². The molecule has 0 aromatic heterocycles. The van der Waals surface area contributed by atoms with Crippen LogP contribution >= 0.6 is 100 Å². The fraction of sp³-hybridized carbons (Fsp3) is 0.0400. The number of anilines is 3. The average Bonchev–Trinajstić information content (AvgIpc) is 3.27. The number of ether oxygens (including phenoxy) is 1. The van der Waals surface area contributed by atoms with Crippen LogP contribution in [0.4, 0.5) is 17.1 Å². The number of thiol groups is 6. The Kier molecular flexibility index (Phi) is 13.6. The van der Waals surface area contributed by atoms with Crippen LogP contribution in [0.3, 0.4) is 0 Å². The number of nitrogens with two attached hydrogens (primary N) is 4. The van der Waals surface area contributed by atoms with Gasteiger partial charge in [0.05, 0.1) is 23.0 Å². The SMILES string of the molecule is NC1=C(c2ccccc2)C(=S)C(c2c(S)cc(N)c(C(=O)OC(=O)c3c(N)cc(S)c(-c4c(S)c(-c5ccccc5)c(N)c(-c5ccccc5)c4S)c3S)c2S)C(=S)C1c1ccccc1. The van der Waals surface area contributed by atoms with E-state index in [1.165, 1.54) is 12.1 Å². The minimum atomic E-state index is -1.12. The molecule has 2 atom stereocenters. The van der Waals surface area contributed by atoms with Gasteiger partial charge in [0.2, 0.25) is 0 Å². The topological polar surface area (TPSA) is 147 Å². The van der Waals surface area contributed by atoms with Crippen LogP contribution in [0, 0.1) is 0 Å². The molecule has 7 aromatic rings. The molecule has 0 saturated heterocycles. The monoisotopic (exact) mass is 998 g/mol. The molecule has 0 aliphatic heterocycles. The standard InChI is InChI=1S/C50H38N4O3S8/c51-27-21-29(58)37(39-43(60)31(23-13-5-1-6-14-23)41(53)32(44(39)61)24-15-7-2-8-16-24)47(64)35(27)49(55)57-50(56)36-28(52)22-30(59)38(48(36)65)40-45(62)33(25-17-9-3-10-18-25)42(54)34(46(40)63)26-19-11-4-12-20-26/h1-22,31,39,58-59,62-65H,51-54H2. The molecule has 65 heavy (non-hydrogen) atoms. The maximum absolute atomic E-state index is 14.4. The summed E-state index contributed by atoms with van der Waals surface area (Å²) in [7, 11) is 0. The van der Waals surface area contributed by atoms with E-state index in [-0.39, 0.29) is 32.3 Å². The smallest absolute Gasteiger partial charge is 0.349 e. The van der Waals surface area contributed by atoms with E-state index in [1.807, 2.05) is 121 Å². The van der Waals surface area contributed by atoms with E-state index >= 15 is 0 Å². The van der Waals surface area contributed by atoms with Crippen molar-refractivity contribution in [2.75, 3.05) is 17.2 Å². The largest absolute Gasteiger partial charge is 0.401 e. The summed E-state index contributed by atoms with van der Waals surface area (Å²) in [5, 5.41) is 0. The van der Waals surface area contributed by atoms with Gasteiger partial charge in [0, 0.05) is 89.7 Å². The van der Waals surface area contributed by atoms with Gasteiger partial charge in [-0.1, -0.05) is 146 Å². The Morgan fingerprint density at radius 3 is 1.42 bits per heavy atom. The summed E-state index contributed by atoms with van der Waals surface area (Å²) in [5.74, 6) is -3.57. The predicted molar refractivity (Wildman–Crippen MR) is 290 cm³/mol. The maximum Gasteiger partial charge on any atom is 0.349 e. The second-order valence-corrected chi connectivity index (χ2v) is 18.8. The van der Waals surface area contributed by atoms with Crippen molar-refractivity contribution in [1.29, 1.82) is 0 Å². The molecule has 8 rings (SSSR count). The first-order valence-corrected chi connectivity index (χ1v) is 23.3. The van der Waals surface area contributed by atoms with Crippen LogP contribution in [0.1, 0.15) is 49.2 Å². The van der Waals surface area contributed by atoms with Crippen LogP contribution < -0.4 is 22.9 Å². The number of esters is 2. The average molecular weight is 999 g/mol. The van der Waals surface area contributed by atoms with E-state index in [4.69, 9.17) is 128 Å². The molecule has 1 aliphatic carbocycles. The molecule has 1 aliphatic rings. The third-order valence-corrected chi connectivity index (χ3v) is 14.7. The fourth-order valence-corrected chi connectivity index (χ4v) is 12.3. The van der Waals surface area contributed by atoms with Crippen molar-refractivity contribution >= 4 is 145 Å². The van der Waals surface area contributed by atoms with E-state index in [0.29, 0.717) is 74.1 Å². The molecule has 0 saturated carbocycles. The van der Waals surface area contributed by atoms with Gasteiger partial charge < -0.3 is 27.7 Å². The molecular weight excluding hydrogens is 961 g/mol. The number of benzene rings is 7. The first-order chi connectivity index (χ1) is 31.1. The molecule has 0 fully saturated rings. The van der Waals surface area contributed by atoms with E-state index in [1.54, 1.807) is 0 Å². The highest BCUT2D eigenvalue weighted by Crippen LogP contribution is 2.53. The van der Waals surface area contributed by atoms with Crippen molar-refractivity contribution < 1.29 is 14.3 Å². The van der Waals surface area contributed by atoms with Crippen molar-refractivity contribution in [1.82, 2.24) is 0 Å². The molecular formula is C50H38N4O3S8. The minimum absolute atomic E-state index is 0.0503. The fourth-order valence-electron chi connectivity index (χ4n) is 8.34. The number of carbonyl (C=O) groups excluding carboxylic acids is 2. The van der Waals surface area contributed by atoms with Gasteiger partial charge in [-0.05, 0) is 39.9 Å². The van der Waals surface area contributed by atoms with Gasteiger partial charge in [-0.3, -0.25) is 0 Å². The summed E-state index contributed by atoms with van der Waals surface area (Å²) < 4.78 is 5.64. The molecule has 0 amide bonds. The maximum atomic E-state index is 14.4. The highest BCUT2D eigenvalue weighted by Gasteiger charge is 2.41. The molecule has 0 bridgehead atoms. The first-order valence-electron chi connectivity index (χ1n) is 19.8. The lowest BCUT2D eigenvalue weighted by atomic mass is 9.72. The Labute approximate surface area is 419 Å². The predicted octanol–water partition coefficient (Wildman–Crippen LogP) is 12.2. The Hall–Kier alpha value is -5.10. The van der Waals surface area contributed by atoms with Crippen molar-refractivity contribution in [3.05, 3.63) is 167 Å². The first kappa shape index (κ1) is 46.4. The highest BCUT2D eigenvalue weighted by atomic mass is 32.1. The van der Waals surface area contributed by atoms with Crippen LogP contribution in [0.5, 0.6) is 0 Å². The van der Waals surface area contributed by atoms with E-state index in [0.717, 1.165) is 22.3 Å². The van der Waals surface area contributed by atoms with Crippen molar-refractivity contribution in [3.63, 3.8) is 0 Å². The van der Waals surface area contributed by atoms with Crippen LogP contribution in [-0.4, -0.2) is 21.7 Å². The van der Waals surface area contributed by atoms with Crippen LogP contribution in [-0.2, 0) is 4.74 Å². The zero-order chi connectivity index (χ0) is 46.4. The van der Waals surface area contributed by atoms with Gasteiger partial charge >= 0.3 is 11.9 Å². The third kappa shape index (κ3) is 8.37. The van der Waals surface area contributed by atoms with Crippen LogP contribution in [0.25, 0.3) is 39.0 Å². The molecule has 8 N–H and O–H groups in total. The van der Waals surface area contributed by atoms with Gasteiger partial charge in [0.25, 0.3) is 0 Å².